The maximum atomic E-state index is 10.5. The van der Waals surface area contributed by atoms with Gasteiger partial charge in [-0.2, -0.15) is 0 Å². The van der Waals surface area contributed by atoms with E-state index >= 15 is 0 Å². The fourth-order valence-electron chi connectivity index (χ4n) is 2.59. The molecule has 0 aliphatic rings. The molecule has 0 amide bonds. The third-order valence-corrected chi connectivity index (χ3v) is 3.80. The van der Waals surface area contributed by atoms with Crippen LogP contribution in [-0.4, -0.2) is 28.6 Å². The van der Waals surface area contributed by atoms with E-state index in [0.29, 0.717) is 6.04 Å². The van der Waals surface area contributed by atoms with Crippen LogP contribution in [0.1, 0.15) is 58.6 Å². The van der Waals surface area contributed by atoms with Crippen molar-refractivity contribution >= 4 is 0 Å². The van der Waals surface area contributed by atoms with E-state index in [2.05, 4.69) is 32.6 Å². The van der Waals surface area contributed by atoms with E-state index in [-0.39, 0.29) is 6.04 Å². The molecule has 1 aromatic rings. The van der Waals surface area contributed by atoms with Crippen LogP contribution in [0, 0.1) is 0 Å². The largest absolute Gasteiger partial charge is 0.387 e. The molecule has 0 fully saturated rings. The average Bonchev–Trinajstić information content (AvgIpc) is 2.42. The maximum absolute atomic E-state index is 10.5. The monoisotopic (exact) mass is 263 g/mol. The van der Waals surface area contributed by atoms with Gasteiger partial charge in [-0.15, -0.1) is 0 Å². The van der Waals surface area contributed by atoms with Crippen molar-refractivity contribution in [3.63, 3.8) is 0 Å². The predicted octanol–water partition coefficient (Wildman–Crippen LogP) is 4.01. The minimum Gasteiger partial charge on any atom is -0.387 e. The van der Waals surface area contributed by atoms with Crippen LogP contribution in [0.15, 0.2) is 30.3 Å². The fraction of sp³-hybridized carbons (Fsp3) is 0.647. The summed E-state index contributed by atoms with van der Waals surface area (Å²) in [6.07, 6.45) is 3.30. The molecule has 0 spiro atoms. The van der Waals surface area contributed by atoms with E-state index in [0.717, 1.165) is 12.1 Å². The van der Waals surface area contributed by atoms with Gasteiger partial charge in [0, 0.05) is 12.1 Å². The minimum absolute atomic E-state index is 0.152. The zero-order valence-corrected chi connectivity index (χ0v) is 12.8. The van der Waals surface area contributed by atoms with Crippen LogP contribution in [0.2, 0.25) is 0 Å². The van der Waals surface area contributed by atoms with Crippen molar-refractivity contribution in [1.82, 2.24) is 4.90 Å². The van der Waals surface area contributed by atoms with Crippen molar-refractivity contribution < 1.29 is 5.11 Å². The summed E-state index contributed by atoms with van der Waals surface area (Å²) in [6.45, 7) is 9.84. The Balaban J connectivity index is 2.67. The zero-order valence-electron chi connectivity index (χ0n) is 12.8. The molecule has 108 valence electrons. The lowest BCUT2D eigenvalue weighted by Crippen LogP contribution is -2.42. The normalized spacial score (nSPS) is 14.9. The SMILES string of the molecule is CCCCCN(C(C)C)C(C)C(O)c1ccccc1. The van der Waals surface area contributed by atoms with Gasteiger partial charge in [0.25, 0.3) is 0 Å². The molecule has 0 bridgehead atoms. The van der Waals surface area contributed by atoms with Gasteiger partial charge in [-0.1, -0.05) is 50.1 Å². The lowest BCUT2D eigenvalue weighted by atomic mass is 10.0. The van der Waals surface area contributed by atoms with Crippen molar-refractivity contribution in [2.24, 2.45) is 0 Å². The first kappa shape index (κ1) is 16.2. The average molecular weight is 263 g/mol. The van der Waals surface area contributed by atoms with Crippen LogP contribution < -0.4 is 0 Å². The van der Waals surface area contributed by atoms with E-state index in [4.69, 9.17) is 0 Å². The number of unbranched alkanes of at least 4 members (excludes halogenated alkanes) is 2. The fourth-order valence-corrected chi connectivity index (χ4v) is 2.59. The molecule has 0 aliphatic heterocycles. The Morgan fingerprint density at radius 1 is 1.05 bits per heavy atom. The summed E-state index contributed by atoms with van der Waals surface area (Å²) in [5, 5.41) is 10.5. The molecule has 0 saturated carbocycles. The standard InChI is InChI=1S/C17H29NO/c1-5-6-10-13-18(14(2)3)15(4)17(19)16-11-8-7-9-12-16/h7-9,11-12,14-15,17,19H,5-6,10,13H2,1-4H3. The van der Waals surface area contributed by atoms with Gasteiger partial charge in [0.15, 0.2) is 0 Å². The molecule has 2 unspecified atom stereocenters. The summed E-state index contributed by atoms with van der Waals surface area (Å²) in [5.74, 6) is 0. The topological polar surface area (TPSA) is 23.5 Å². The number of aliphatic hydroxyl groups excluding tert-OH is 1. The lowest BCUT2D eigenvalue weighted by molar-refractivity contribution is 0.0391. The lowest BCUT2D eigenvalue weighted by Gasteiger charge is -2.35. The number of rotatable bonds is 8. The van der Waals surface area contributed by atoms with Crippen LogP contribution in [0.25, 0.3) is 0 Å². The number of benzene rings is 1. The first-order chi connectivity index (χ1) is 9.07. The van der Waals surface area contributed by atoms with Crippen molar-refractivity contribution in [1.29, 1.82) is 0 Å². The van der Waals surface area contributed by atoms with Crippen LogP contribution in [0.5, 0.6) is 0 Å². The molecule has 1 N–H and O–H groups in total. The van der Waals surface area contributed by atoms with Gasteiger partial charge in [-0.25, -0.2) is 0 Å². The van der Waals surface area contributed by atoms with E-state index < -0.39 is 6.10 Å². The first-order valence-electron chi connectivity index (χ1n) is 7.56. The van der Waals surface area contributed by atoms with Gasteiger partial charge < -0.3 is 5.11 Å². The molecular formula is C17H29NO. The van der Waals surface area contributed by atoms with Gasteiger partial charge in [0.2, 0.25) is 0 Å². The number of aliphatic hydroxyl groups is 1. The van der Waals surface area contributed by atoms with Crippen molar-refractivity contribution in [2.45, 2.75) is 65.1 Å². The van der Waals surface area contributed by atoms with Crippen molar-refractivity contribution in [2.75, 3.05) is 6.54 Å². The Kier molecular flexibility index (Phi) is 7.11. The Hall–Kier alpha value is -0.860. The van der Waals surface area contributed by atoms with Gasteiger partial charge in [0.1, 0.15) is 0 Å². The van der Waals surface area contributed by atoms with Gasteiger partial charge in [-0.3, -0.25) is 4.90 Å². The molecule has 0 aliphatic carbocycles. The second-order valence-electron chi connectivity index (χ2n) is 5.63. The van der Waals surface area contributed by atoms with Crippen LogP contribution in [-0.2, 0) is 0 Å². The number of nitrogens with zero attached hydrogens (tertiary/aromatic N) is 1. The summed E-state index contributed by atoms with van der Waals surface area (Å²) in [6, 6.07) is 10.6. The Bertz CT molecular complexity index is 336. The van der Waals surface area contributed by atoms with Crippen molar-refractivity contribution in [3.05, 3.63) is 35.9 Å². The van der Waals surface area contributed by atoms with Crippen LogP contribution >= 0.6 is 0 Å². The van der Waals surface area contributed by atoms with Crippen molar-refractivity contribution in [3.8, 4) is 0 Å². The highest BCUT2D eigenvalue weighted by atomic mass is 16.3. The summed E-state index contributed by atoms with van der Waals surface area (Å²) >= 11 is 0. The number of hydrogen-bond donors (Lipinski definition) is 1. The smallest absolute Gasteiger partial charge is 0.0942 e. The summed E-state index contributed by atoms with van der Waals surface area (Å²) in [7, 11) is 0. The van der Waals surface area contributed by atoms with E-state index in [1.165, 1.54) is 19.3 Å². The molecule has 1 rings (SSSR count). The quantitative estimate of drug-likeness (QED) is 0.716. The summed E-state index contributed by atoms with van der Waals surface area (Å²) in [5.41, 5.74) is 1.01. The molecule has 2 nitrogen and oxygen atoms in total. The highest BCUT2D eigenvalue weighted by Gasteiger charge is 2.24. The molecule has 0 heterocycles. The van der Waals surface area contributed by atoms with Gasteiger partial charge >= 0.3 is 0 Å². The predicted molar refractivity (Wildman–Crippen MR) is 82.2 cm³/mol. The van der Waals surface area contributed by atoms with Crippen LogP contribution in [0.3, 0.4) is 0 Å². The molecular weight excluding hydrogens is 234 g/mol. The van der Waals surface area contributed by atoms with E-state index in [9.17, 15) is 5.11 Å². The van der Waals surface area contributed by atoms with Gasteiger partial charge in [0.05, 0.1) is 6.10 Å². The molecule has 0 radical (unpaired) electrons. The first-order valence-corrected chi connectivity index (χ1v) is 7.56. The molecule has 19 heavy (non-hydrogen) atoms. The summed E-state index contributed by atoms with van der Waals surface area (Å²) < 4.78 is 0. The third-order valence-electron chi connectivity index (χ3n) is 3.80. The molecule has 0 aromatic heterocycles. The Labute approximate surface area is 118 Å². The second-order valence-corrected chi connectivity index (χ2v) is 5.63. The second kappa shape index (κ2) is 8.34. The Morgan fingerprint density at radius 3 is 2.21 bits per heavy atom. The number of hydrogen-bond acceptors (Lipinski definition) is 2. The molecule has 2 atom stereocenters. The van der Waals surface area contributed by atoms with Crippen LogP contribution in [0.4, 0.5) is 0 Å². The minimum atomic E-state index is -0.412. The maximum Gasteiger partial charge on any atom is 0.0942 e. The summed E-state index contributed by atoms with van der Waals surface area (Å²) in [4.78, 5) is 2.41. The highest BCUT2D eigenvalue weighted by Crippen LogP contribution is 2.22. The Morgan fingerprint density at radius 2 is 1.68 bits per heavy atom. The third kappa shape index (κ3) is 4.96. The van der Waals surface area contributed by atoms with Gasteiger partial charge in [-0.05, 0) is 39.3 Å². The molecule has 2 heteroatoms. The molecule has 1 aromatic carbocycles. The molecule has 0 saturated heterocycles. The zero-order chi connectivity index (χ0) is 14.3. The highest BCUT2D eigenvalue weighted by molar-refractivity contribution is 5.18. The van der Waals surface area contributed by atoms with E-state index in [1.807, 2.05) is 30.3 Å². The van der Waals surface area contributed by atoms with E-state index in [1.54, 1.807) is 0 Å².